The lowest BCUT2D eigenvalue weighted by Crippen LogP contribution is -2.31. The van der Waals surface area contributed by atoms with E-state index in [9.17, 15) is 4.79 Å². The molecule has 4 heteroatoms. The Balaban J connectivity index is 2.03. The van der Waals surface area contributed by atoms with Gasteiger partial charge in [0.15, 0.2) is 0 Å². The van der Waals surface area contributed by atoms with Crippen molar-refractivity contribution in [1.29, 1.82) is 0 Å². The molecule has 1 aliphatic heterocycles. The van der Waals surface area contributed by atoms with Gasteiger partial charge in [-0.3, -0.25) is 4.79 Å². The molecule has 1 aromatic heterocycles. The van der Waals surface area contributed by atoms with E-state index < -0.39 is 0 Å². The first-order valence-corrected chi connectivity index (χ1v) is 6.34. The number of carbonyl (C=O) groups is 1. The maximum Gasteiger partial charge on any atom is 0.252 e. The first kappa shape index (κ1) is 10.4. The molecule has 0 spiro atoms. The van der Waals surface area contributed by atoms with Gasteiger partial charge in [0.2, 0.25) is 0 Å². The number of para-hydroxylation sites is 1. The fraction of sp³-hybridized carbons (Fsp3) is 0.154. The molecule has 1 aromatic carbocycles. The molecule has 0 saturated heterocycles. The Morgan fingerprint density at radius 3 is 2.88 bits per heavy atom. The summed E-state index contributed by atoms with van der Waals surface area (Å²) in [4.78, 5) is 13.0. The number of hydrogen-bond acceptors (Lipinski definition) is 3. The Labute approximate surface area is 103 Å². The molecule has 0 bridgehead atoms. The van der Waals surface area contributed by atoms with E-state index in [1.165, 1.54) is 0 Å². The zero-order valence-corrected chi connectivity index (χ0v) is 10.2. The summed E-state index contributed by atoms with van der Waals surface area (Å²) in [5.41, 5.74) is 3.03. The van der Waals surface area contributed by atoms with Gasteiger partial charge in [0.1, 0.15) is 6.04 Å². The Kier molecular flexibility index (Phi) is 2.37. The number of aryl methyl sites for hydroxylation is 1. The molecule has 0 saturated carbocycles. The molecule has 0 fully saturated rings. The molecule has 1 amide bonds. The highest BCUT2D eigenvalue weighted by Crippen LogP contribution is 2.35. The first-order chi connectivity index (χ1) is 8.25. The second-order valence-electron chi connectivity index (χ2n) is 4.08. The Morgan fingerprint density at radius 1 is 1.24 bits per heavy atom. The summed E-state index contributed by atoms with van der Waals surface area (Å²) in [6, 6.07) is 9.56. The highest BCUT2D eigenvalue weighted by atomic mass is 32.1. The average Bonchev–Trinajstić information content (AvgIpc) is 2.82. The lowest BCUT2D eigenvalue weighted by atomic mass is 10.1. The normalized spacial score (nSPS) is 18.2. The monoisotopic (exact) mass is 244 g/mol. The van der Waals surface area contributed by atoms with Crippen molar-refractivity contribution in [2.75, 3.05) is 10.6 Å². The molecule has 86 valence electrons. The third-order valence-electron chi connectivity index (χ3n) is 2.91. The second-order valence-corrected chi connectivity index (χ2v) is 5.06. The van der Waals surface area contributed by atoms with Gasteiger partial charge in [-0.2, -0.15) is 0 Å². The number of anilines is 2. The Bertz CT molecular complexity index is 563. The fourth-order valence-electron chi connectivity index (χ4n) is 2.03. The minimum atomic E-state index is -0.274. The zero-order chi connectivity index (χ0) is 11.8. The molecule has 1 aliphatic rings. The lowest BCUT2D eigenvalue weighted by molar-refractivity contribution is -0.117. The molecule has 17 heavy (non-hydrogen) atoms. The standard InChI is InChI=1S/C13H12N2OS/c1-8-4-2-5-9-11(8)15-12(13(16)14-9)10-6-3-7-17-10/h2-7,12,15H,1H3,(H,14,16). The summed E-state index contributed by atoms with van der Waals surface area (Å²) in [5, 5.41) is 8.24. The van der Waals surface area contributed by atoms with Crippen molar-refractivity contribution in [3.05, 3.63) is 46.2 Å². The molecular weight excluding hydrogens is 232 g/mol. The van der Waals surface area contributed by atoms with Crippen LogP contribution in [-0.4, -0.2) is 5.91 Å². The van der Waals surface area contributed by atoms with Gasteiger partial charge in [-0.25, -0.2) is 0 Å². The van der Waals surface area contributed by atoms with Crippen LogP contribution in [0.4, 0.5) is 11.4 Å². The highest BCUT2D eigenvalue weighted by Gasteiger charge is 2.28. The minimum absolute atomic E-state index is 0.00514. The van der Waals surface area contributed by atoms with E-state index in [4.69, 9.17) is 0 Å². The number of hydrogen-bond donors (Lipinski definition) is 2. The molecule has 2 heterocycles. The summed E-state index contributed by atoms with van der Waals surface area (Å²) >= 11 is 1.59. The number of rotatable bonds is 1. The molecule has 0 aliphatic carbocycles. The van der Waals surface area contributed by atoms with Crippen LogP contribution in [0.5, 0.6) is 0 Å². The van der Waals surface area contributed by atoms with Crippen LogP contribution in [0.15, 0.2) is 35.7 Å². The number of thiophene rings is 1. The third kappa shape index (κ3) is 1.70. The van der Waals surface area contributed by atoms with Gasteiger partial charge in [-0.15, -0.1) is 11.3 Å². The van der Waals surface area contributed by atoms with Crippen LogP contribution >= 0.6 is 11.3 Å². The summed E-state index contributed by atoms with van der Waals surface area (Å²) in [6.45, 7) is 2.04. The molecule has 0 radical (unpaired) electrons. The van der Waals surface area contributed by atoms with E-state index in [0.29, 0.717) is 0 Å². The maximum absolute atomic E-state index is 12.0. The SMILES string of the molecule is Cc1cccc2c1NC(c1cccs1)C(=O)N2. The fourth-order valence-corrected chi connectivity index (χ4v) is 2.81. The van der Waals surface area contributed by atoms with Gasteiger partial charge in [0.25, 0.3) is 5.91 Å². The smallest absolute Gasteiger partial charge is 0.252 e. The van der Waals surface area contributed by atoms with Crippen molar-refractivity contribution >= 4 is 28.6 Å². The topological polar surface area (TPSA) is 41.1 Å². The first-order valence-electron chi connectivity index (χ1n) is 5.46. The summed E-state index contributed by atoms with van der Waals surface area (Å²) in [7, 11) is 0. The van der Waals surface area contributed by atoms with E-state index in [2.05, 4.69) is 10.6 Å². The van der Waals surface area contributed by atoms with Crippen molar-refractivity contribution < 1.29 is 4.79 Å². The largest absolute Gasteiger partial charge is 0.368 e. The third-order valence-corrected chi connectivity index (χ3v) is 3.85. The zero-order valence-electron chi connectivity index (χ0n) is 9.36. The van der Waals surface area contributed by atoms with Crippen LogP contribution in [-0.2, 0) is 4.79 Å². The van der Waals surface area contributed by atoms with Crippen molar-refractivity contribution in [3.63, 3.8) is 0 Å². The molecule has 3 nitrogen and oxygen atoms in total. The second kappa shape index (κ2) is 3.89. The number of amides is 1. The van der Waals surface area contributed by atoms with Crippen LogP contribution in [0, 0.1) is 6.92 Å². The van der Waals surface area contributed by atoms with Crippen LogP contribution in [0.3, 0.4) is 0 Å². The van der Waals surface area contributed by atoms with E-state index in [1.54, 1.807) is 11.3 Å². The maximum atomic E-state index is 12.0. The average molecular weight is 244 g/mol. The lowest BCUT2D eigenvalue weighted by Gasteiger charge is -2.27. The minimum Gasteiger partial charge on any atom is -0.368 e. The Morgan fingerprint density at radius 2 is 2.12 bits per heavy atom. The van der Waals surface area contributed by atoms with E-state index in [1.807, 2.05) is 42.6 Å². The van der Waals surface area contributed by atoms with Gasteiger partial charge in [-0.1, -0.05) is 18.2 Å². The predicted molar refractivity (Wildman–Crippen MR) is 70.5 cm³/mol. The van der Waals surface area contributed by atoms with Gasteiger partial charge in [0, 0.05) is 4.88 Å². The van der Waals surface area contributed by atoms with E-state index in [0.717, 1.165) is 21.8 Å². The van der Waals surface area contributed by atoms with Crippen LogP contribution in [0.25, 0.3) is 0 Å². The Hall–Kier alpha value is -1.81. The molecule has 2 N–H and O–H groups in total. The van der Waals surface area contributed by atoms with Crippen molar-refractivity contribution in [2.45, 2.75) is 13.0 Å². The molecule has 1 unspecified atom stereocenters. The molecular formula is C13H12N2OS. The van der Waals surface area contributed by atoms with E-state index >= 15 is 0 Å². The molecule has 1 atom stereocenters. The van der Waals surface area contributed by atoms with Gasteiger partial charge < -0.3 is 10.6 Å². The van der Waals surface area contributed by atoms with Crippen molar-refractivity contribution in [3.8, 4) is 0 Å². The number of benzene rings is 1. The predicted octanol–water partition coefficient (Wildman–Crippen LogP) is 3.16. The molecule has 3 rings (SSSR count). The number of nitrogens with one attached hydrogen (secondary N) is 2. The van der Waals surface area contributed by atoms with Crippen molar-refractivity contribution in [2.24, 2.45) is 0 Å². The number of fused-ring (bicyclic) bond motifs is 1. The van der Waals surface area contributed by atoms with Crippen LogP contribution < -0.4 is 10.6 Å². The molecule has 2 aromatic rings. The van der Waals surface area contributed by atoms with Crippen LogP contribution in [0.2, 0.25) is 0 Å². The number of carbonyl (C=O) groups excluding carboxylic acids is 1. The highest BCUT2D eigenvalue weighted by molar-refractivity contribution is 7.10. The van der Waals surface area contributed by atoms with Gasteiger partial charge >= 0.3 is 0 Å². The summed E-state index contributed by atoms with van der Waals surface area (Å²) in [6.07, 6.45) is 0. The quantitative estimate of drug-likeness (QED) is 0.809. The van der Waals surface area contributed by atoms with Gasteiger partial charge in [-0.05, 0) is 30.0 Å². The van der Waals surface area contributed by atoms with Gasteiger partial charge in [0.05, 0.1) is 11.4 Å². The summed E-state index contributed by atoms with van der Waals surface area (Å²) in [5.74, 6) is 0.00514. The van der Waals surface area contributed by atoms with Crippen LogP contribution in [0.1, 0.15) is 16.5 Å². The summed E-state index contributed by atoms with van der Waals surface area (Å²) < 4.78 is 0. The van der Waals surface area contributed by atoms with Crippen molar-refractivity contribution in [1.82, 2.24) is 0 Å². The van der Waals surface area contributed by atoms with E-state index in [-0.39, 0.29) is 11.9 Å².